The minimum atomic E-state index is 0.0327. The molecule has 0 heterocycles. The van der Waals surface area contributed by atoms with Gasteiger partial charge in [0.05, 0.1) is 0 Å². The molecule has 0 unspecified atom stereocenters. The number of benzene rings is 2. The lowest BCUT2D eigenvalue weighted by Gasteiger charge is -2.06. The summed E-state index contributed by atoms with van der Waals surface area (Å²) in [4.78, 5) is 12.2. The maximum absolute atomic E-state index is 12.2. The number of hydrogen-bond acceptors (Lipinski definition) is 2. The van der Waals surface area contributed by atoms with Crippen LogP contribution >= 0.6 is 0 Å². The topological polar surface area (TPSA) is 43.1 Å². The van der Waals surface area contributed by atoms with Crippen molar-refractivity contribution in [2.75, 3.05) is 5.73 Å². The summed E-state index contributed by atoms with van der Waals surface area (Å²) in [5.41, 5.74) is 8.90. The van der Waals surface area contributed by atoms with Gasteiger partial charge in [0.1, 0.15) is 0 Å². The van der Waals surface area contributed by atoms with Gasteiger partial charge in [0.25, 0.3) is 0 Å². The van der Waals surface area contributed by atoms with Gasteiger partial charge in [-0.25, -0.2) is 0 Å². The van der Waals surface area contributed by atoms with E-state index in [4.69, 9.17) is 5.73 Å². The fraction of sp³-hybridized carbons (Fsp3) is 0.188. The summed E-state index contributed by atoms with van der Waals surface area (Å²) in [6.45, 7) is 4.27. The Labute approximate surface area is 107 Å². The summed E-state index contributed by atoms with van der Waals surface area (Å²) in [6, 6.07) is 14.8. The Kier molecular flexibility index (Phi) is 3.47. The molecule has 0 aliphatic heterocycles. The summed E-state index contributed by atoms with van der Waals surface area (Å²) >= 11 is 0. The summed E-state index contributed by atoms with van der Waals surface area (Å²) in [5, 5.41) is 0. The lowest BCUT2D eigenvalue weighted by molar-refractivity contribution is 0.103. The second-order valence-electron chi connectivity index (χ2n) is 4.73. The van der Waals surface area contributed by atoms with Gasteiger partial charge in [-0.3, -0.25) is 4.79 Å². The molecule has 2 aromatic carbocycles. The highest BCUT2D eigenvalue weighted by molar-refractivity contribution is 6.09. The number of hydrogen-bond donors (Lipinski definition) is 1. The van der Waals surface area contributed by atoms with Crippen molar-refractivity contribution in [3.63, 3.8) is 0 Å². The van der Waals surface area contributed by atoms with E-state index in [-0.39, 0.29) is 5.78 Å². The first-order chi connectivity index (χ1) is 8.58. The van der Waals surface area contributed by atoms with Crippen LogP contribution in [0.25, 0.3) is 0 Å². The summed E-state index contributed by atoms with van der Waals surface area (Å²) in [7, 11) is 0. The van der Waals surface area contributed by atoms with Gasteiger partial charge < -0.3 is 5.73 Å². The number of nitrogen functional groups attached to an aromatic ring is 1. The van der Waals surface area contributed by atoms with Gasteiger partial charge >= 0.3 is 0 Å². The minimum absolute atomic E-state index is 0.0327. The number of ketones is 1. The maximum atomic E-state index is 12.2. The van der Waals surface area contributed by atoms with Gasteiger partial charge in [-0.15, -0.1) is 0 Å². The predicted octanol–water partition coefficient (Wildman–Crippen LogP) is 3.62. The van der Waals surface area contributed by atoms with Crippen molar-refractivity contribution >= 4 is 11.5 Å². The lowest BCUT2D eigenvalue weighted by atomic mass is 9.98. The molecule has 0 radical (unpaired) electrons. The molecule has 0 aromatic heterocycles. The van der Waals surface area contributed by atoms with Crippen molar-refractivity contribution in [2.24, 2.45) is 0 Å². The number of nitrogens with two attached hydrogens (primary N) is 1. The zero-order valence-corrected chi connectivity index (χ0v) is 10.7. The monoisotopic (exact) mass is 239 g/mol. The second-order valence-corrected chi connectivity index (χ2v) is 4.73. The van der Waals surface area contributed by atoms with Crippen molar-refractivity contribution in [3.05, 3.63) is 65.2 Å². The zero-order chi connectivity index (χ0) is 13.1. The van der Waals surface area contributed by atoms with Crippen LogP contribution in [-0.2, 0) is 0 Å². The Morgan fingerprint density at radius 2 is 1.33 bits per heavy atom. The highest BCUT2D eigenvalue weighted by Crippen LogP contribution is 2.17. The van der Waals surface area contributed by atoms with E-state index in [0.29, 0.717) is 22.7 Å². The summed E-state index contributed by atoms with van der Waals surface area (Å²) in [5.74, 6) is 0.510. The van der Waals surface area contributed by atoms with E-state index >= 15 is 0 Å². The minimum Gasteiger partial charge on any atom is -0.399 e. The van der Waals surface area contributed by atoms with E-state index in [9.17, 15) is 4.79 Å². The van der Waals surface area contributed by atoms with Gasteiger partial charge in [-0.2, -0.15) is 0 Å². The molecule has 0 aliphatic carbocycles. The maximum Gasteiger partial charge on any atom is 0.193 e. The molecule has 0 saturated heterocycles. The zero-order valence-electron chi connectivity index (χ0n) is 10.7. The van der Waals surface area contributed by atoms with Gasteiger partial charge in [-0.1, -0.05) is 38.1 Å². The Morgan fingerprint density at radius 3 is 1.78 bits per heavy atom. The van der Waals surface area contributed by atoms with Crippen LogP contribution in [0.15, 0.2) is 48.5 Å². The van der Waals surface area contributed by atoms with E-state index in [1.165, 1.54) is 5.56 Å². The van der Waals surface area contributed by atoms with Gasteiger partial charge in [-0.05, 0) is 35.7 Å². The van der Waals surface area contributed by atoms with Crippen LogP contribution in [0, 0.1) is 0 Å². The molecule has 2 N–H and O–H groups in total. The van der Waals surface area contributed by atoms with Crippen LogP contribution in [0.1, 0.15) is 41.3 Å². The van der Waals surface area contributed by atoms with E-state index in [1.54, 1.807) is 24.3 Å². The molecule has 0 saturated carbocycles. The number of carbonyl (C=O) groups excluding carboxylic acids is 1. The van der Waals surface area contributed by atoms with Crippen molar-refractivity contribution < 1.29 is 4.79 Å². The third kappa shape index (κ3) is 2.59. The van der Waals surface area contributed by atoms with Crippen LogP contribution in [0.4, 0.5) is 5.69 Å². The summed E-state index contributed by atoms with van der Waals surface area (Å²) < 4.78 is 0. The normalized spacial score (nSPS) is 10.6. The largest absolute Gasteiger partial charge is 0.399 e. The molecule has 0 amide bonds. The molecule has 18 heavy (non-hydrogen) atoms. The number of rotatable bonds is 3. The predicted molar refractivity (Wildman–Crippen MR) is 74.8 cm³/mol. The SMILES string of the molecule is CC(C)c1ccc(C(=O)c2ccc(N)cc2)cc1. The quantitative estimate of drug-likeness (QED) is 0.656. The Balaban J connectivity index is 2.26. The molecule has 92 valence electrons. The average molecular weight is 239 g/mol. The first-order valence-corrected chi connectivity index (χ1v) is 6.08. The molecule has 0 atom stereocenters. The van der Waals surface area contributed by atoms with E-state index in [1.807, 2.05) is 24.3 Å². The Bertz CT molecular complexity index is 538. The molecule has 2 heteroatoms. The highest BCUT2D eigenvalue weighted by Gasteiger charge is 2.09. The molecule has 0 bridgehead atoms. The summed E-state index contributed by atoms with van der Waals surface area (Å²) in [6.07, 6.45) is 0. The van der Waals surface area contributed by atoms with Crippen molar-refractivity contribution in [1.82, 2.24) is 0 Å². The Morgan fingerprint density at radius 1 is 0.889 bits per heavy atom. The fourth-order valence-corrected chi connectivity index (χ4v) is 1.82. The van der Waals surface area contributed by atoms with E-state index in [0.717, 1.165) is 0 Å². The van der Waals surface area contributed by atoms with E-state index < -0.39 is 0 Å². The highest BCUT2D eigenvalue weighted by atomic mass is 16.1. The smallest absolute Gasteiger partial charge is 0.193 e. The number of anilines is 1. The van der Waals surface area contributed by atoms with Gasteiger partial charge in [0, 0.05) is 16.8 Å². The second kappa shape index (κ2) is 5.05. The Hall–Kier alpha value is -2.09. The van der Waals surface area contributed by atoms with Crippen LogP contribution in [0.2, 0.25) is 0 Å². The van der Waals surface area contributed by atoms with Crippen LogP contribution in [0.3, 0.4) is 0 Å². The number of carbonyl (C=O) groups is 1. The van der Waals surface area contributed by atoms with Crippen LogP contribution in [0.5, 0.6) is 0 Å². The molecule has 0 aliphatic rings. The molecule has 2 rings (SSSR count). The van der Waals surface area contributed by atoms with E-state index in [2.05, 4.69) is 13.8 Å². The van der Waals surface area contributed by atoms with Crippen LogP contribution < -0.4 is 5.73 Å². The molecular weight excluding hydrogens is 222 g/mol. The molecule has 0 spiro atoms. The molecule has 0 fully saturated rings. The lowest BCUT2D eigenvalue weighted by Crippen LogP contribution is -2.01. The first-order valence-electron chi connectivity index (χ1n) is 6.08. The molecule has 2 nitrogen and oxygen atoms in total. The van der Waals surface area contributed by atoms with Crippen molar-refractivity contribution in [2.45, 2.75) is 19.8 Å². The molecular formula is C16H17NO. The van der Waals surface area contributed by atoms with Crippen molar-refractivity contribution in [3.8, 4) is 0 Å². The fourth-order valence-electron chi connectivity index (χ4n) is 1.82. The third-order valence-corrected chi connectivity index (χ3v) is 3.01. The van der Waals surface area contributed by atoms with Crippen molar-refractivity contribution in [1.29, 1.82) is 0 Å². The van der Waals surface area contributed by atoms with Crippen LogP contribution in [-0.4, -0.2) is 5.78 Å². The van der Waals surface area contributed by atoms with Gasteiger partial charge in [0.2, 0.25) is 0 Å². The standard InChI is InChI=1S/C16H17NO/c1-11(2)12-3-5-13(6-4-12)16(18)14-7-9-15(17)10-8-14/h3-11H,17H2,1-2H3. The third-order valence-electron chi connectivity index (χ3n) is 3.01. The molecule has 2 aromatic rings. The average Bonchev–Trinajstić information content (AvgIpc) is 2.39. The first kappa shape index (κ1) is 12.4. The van der Waals surface area contributed by atoms with Gasteiger partial charge in [0.15, 0.2) is 5.78 Å².